The first-order valence-electron chi connectivity index (χ1n) is 7.30. The van der Waals surface area contributed by atoms with Gasteiger partial charge < -0.3 is 0 Å². The van der Waals surface area contributed by atoms with Gasteiger partial charge in [0.05, 0.1) is 16.4 Å². The summed E-state index contributed by atoms with van der Waals surface area (Å²) in [4.78, 5) is 22.4. The Labute approximate surface area is 147 Å². The maximum absolute atomic E-state index is 12.2. The Kier molecular flexibility index (Phi) is 4.85. The van der Waals surface area contributed by atoms with Gasteiger partial charge in [-0.15, -0.1) is 5.10 Å². The van der Waals surface area contributed by atoms with Gasteiger partial charge in [-0.1, -0.05) is 29.5 Å². The number of hydrogen-bond donors (Lipinski definition) is 0. The van der Waals surface area contributed by atoms with Crippen molar-refractivity contribution in [3.63, 3.8) is 0 Å². The quantitative estimate of drug-likeness (QED) is 0.290. The number of benzene rings is 2. The van der Waals surface area contributed by atoms with E-state index in [1.807, 2.05) is 31.2 Å². The van der Waals surface area contributed by atoms with Gasteiger partial charge in [0.2, 0.25) is 5.16 Å². The molecule has 0 unspecified atom stereocenters. The van der Waals surface area contributed by atoms with Crippen molar-refractivity contribution < 1.29 is 9.72 Å². The number of rotatable bonds is 6. The maximum Gasteiger partial charge on any atom is 0.269 e. The molecule has 2 aromatic carbocycles. The first-order chi connectivity index (χ1) is 12.0. The van der Waals surface area contributed by atoms with Crippen LogP contribution in [0, 0.1) is 17.0 Å². The molecule has 0 aliphatic heterocycles. The molecule has 1 heterocycles. The van der Waals surface area contributed by atoms with E-state index in [2.05, 4.69) is 15.5 Å². The largest absolute Gasteiger partial charge is 0.293 e. The van der Waals surface area contributed by atoms with E-state index in [1.165, 1.54) is 36.0 Å². The summed E-state index contributed by atoms with van der Waals surface area (Å²) in [6.07, 6.45) is 0. The molecule has 25 heavy (non-hydrogen) atoms. The Hall–Kier alpha value is -3.07. The van der Waals surface area contributed by atoms with Gasteiger partial charge in [0.1, 0.15) is 0 Å². The van der Waals surface area contributed by atoms with Crippen molar-refractivity contribution in [3.8, 4) is 5.69 Å². The number of Topliss-reactive ketones (excluding diaryl/α,β-unsaturated/α-hetero) is 1. The summed E-state index contributed by atoms with van der Waals surface area (Å²) in [6.45, 7) is 1.99. The molecule has 9 heteroatoms. The van der Waals surface area contributed by atoms with Crippen LogP contribution in [0.2, 0.25) is 0 Å². The van der Waals surface area contributed by atoms with Crippen molar-refractivity contribution in [1.82, 2.24) is 20.2 Å². The molecule has 0 radical (unpaired) electrons. The average molecular weight is 355 g/mol. The molecule has 0 spiro atoms. The van der Waals surface area contributed by atoms with Crippen LogP contribution in [0.3, 0.4) is 0 Å². The van der Waals surface area contributed by atoms with E-state index >= 15 is 0 Å². The second-order valence-corrected chi connectivity index (χ2v) is 6.17. The minimum atomic E-state index is -0.501. The average Bonchev–Trinajstić information content (AvgIpc) is 3.09. The van der Waals surface area contributed by atoms with Crippen molar-refractivity contribution in [1.29, 1.82) is 0 Å². The minimum absolute atomic E-state index is 0.0486. The molecule has 0 fully saturated rings. The number of aromatic nitrogens is 4. The number of carbonyl (C=O) groups is 1. The van der Waals surface area contributed by atoms with Crippen molar-refractivity contribution in [2.24, 2.45) is 0 Å². The lowest BCUT2D eigenvalue weighted by Gasteiger charge is -2.04. The highest BCUT2D eigenvalue weighted by Gasteiger charge is 2.14. The fourth-order valence-electron chi connectivity index (χ4n) is 2.10. The van der Waals surface area contributed by atoms with Gasteiger partial charge in [0.15, 0.2) is 5.78 Å². The van der Waals surface area contributed by atoms with E-state index in [4.69, 9.17) is 0 Å². The van der Waals surface area contributed by atoms with Gasteiger partial charge in [0.25, 0.3) is 5.69 Å². The fourth-order valence-corrected chi connectivity index (χ4v) is 2.88. The first-order valence-corrected chi connectivity index (χ1v) is 8.29. The molecular formula is C16H13N5O3S. The first kappa shape index (κ1) is 16.8. The van der Waals surface area contributed by atoms with E-state index in [9.17, 15) is 14.9 Å². The van der Waals surface area contributed by atoms with Crippen LogP contribution < -0.4 is 0 Å². The predicted molar refractivity (Wildman–Crippen MR) is 92.0 cm³/mol. The monoisotopic (exact) mass is 355 g/mol. The van der Waals surface area contributed by atoms with Crippen molar-refractivity contribution in [2.75, 3.05) is 5.75 Å². The highest BCUT2D eigenvalue weighted by molar-refractivity contribution is 7.99. The summed E-state index contributed by atoms with van der Waals surface area (Å²) in [5.74, 6) is -0.0253. The van der Waals surface area contributed by atoms with E-state index in [-0.39, 0.29) is 17.2 Å². The summed E-state index contributed by atoms with van der Waals surface area (Å²) in [6, 6.07) is 13.2. The van der Waals surface area contributed by atoms with Gasteiger partial charge in [-0.25, -0.2) is 0 Å². The van der Waals surface area contributed by atoms with E-state index < -0.39 is 4.92 Å². The zero-order valence-electron chi connectivity index (χ0n) is 13.2. The van der Waals surface area contributed by atoms with Crippen LogP contribution in [0.25, 0.3) is 5.69 Å². The molecule has 0 saturated heterocycles. The second-order valence-electron chi connectivity index (χ2n) is 5.22. The Morgan fingerprint density at radius 3 is 2.48 bits per heavy atom. The van der Waals surface area contributed by atoms with E-state index in [1.54, 1.807) is 4.68 Å². The molecule has 0 atom stereocenters. The molecule has 0 bridgehead atoms. The summed E-state index contributed by atoms with van der Waals surface area (Å²) >= 11 is 1.21. The molecule has 0 N–H and O–H groups in total. The molecule has 0 saturated carbocycles. The number of thioether (sulfide) groups is 1. The third-order valence-corrected chi connectivity index (χ3v) is 4.37. The fraction of sp³-hybridized carbons (Fsp3) is 0.125. The minimum Gasteiger partial charge on any atom is -0.293 e. The van der Waals surface area contributed by atoms with E-state index in [0.29, 0.717) is 10.7 Å². The van der Waals surface area contributed by atoms with Crippen LogP contribution >= 0.6 is 11.8 Å². The number of nitrogens with zero attached hydrogens (tertiary/aromatic N) is 5. The molecule has 0 aliphatic carbocycles. The van der Waals surface area contributed by atoms with E-state index in [0.717, 1.165) is 11.3 Å². The molecule has 0 amide bonds. The van der Waals surface area contributed by atoms with Gasteiger partial charge in [0, 0.05) is 17.7 Å². The van der Waals surface area contributed by atoms with Crippen LogP contribution in [-0.4, -0.2) is 36.7 Å². The Morgan fingerprint density at radius 1 is 1.16 bits per heavy atom. The van der Waals surface area contributed by atoms with Gasteiger partial charge in [-0.2, -0.15) is 4.68 Å². The maximum atomic E-state index is 12.2. The van der Waals surface area contributed by atoms with Crippen molar-refractivity contribution in [2.45, 2.75) is 12.1 Å². The Balaban J connectivity index is 1.70. The standard InChI is InChI=1S/C16H13N5O3S/c1-11-2-6-13(7-3-11)20-16(17-18-19-20)25-10-15(22)12-4-8-14(9-5-12)21(23)24/h2-9H,10H2,1H3. The normalized spacial score (nSPS) is 10.6. The zero-order chi connectivity index (χ0) is 17.8. The summed E-state index contributed by atoms with van der Waals surface area (Å²) in [5.41, 5.74) is 2.29. The van der Waals surface area contributed by atoms with Crippen LogP contribution in [0.5, 0.6) is 0 Å². The van der Waals surface area contributed by atoms with Gasteiger partial charge in [-0.05, 0) is 41.6 Å². The number of tetrazole rings is 1. The van der Waals surface area contributed by atoms with Crippen LogP contribution in [0.4, 0.5) is 5.69 Å². The molecule has 8 nitrogen and oxygen atoms in total. The lowest BCUT2D eigenvalue weighted by atomic mass is 10.1. The summed E-state index contributed by atoms with van der Waals surface area (Å²) in [7, 11) is 0. The molecule has 126 valence electrons. The Bertz CT molecular complexity index is 906. The lowest BCUT2D eigenvalue weighted by Crippen LogP contribution is -2.05. The highest BCUT2D eigenvalue weighted by atomic mass is 32.2. The number of non-ortho nitro benzene ring substituents is 1. The number of nitro groups is 1. The molecule has 3 aromatic rings. The molecular weight excluding hydrogens is 342 g/mol. The summed E-state index contributed by atoms with van der Waals surface area (Å²) < 4.78 is 1.56. The van der Waals surface area contributed by atoms with Crippen molar-refractivity contribution in [3.05, 3.63) is 69.8 Å². The van der Waals surface area contributed by atoms with Crippen LogP contribution in [0.1, 0.15) is 15.9 Å². The Morgan fingerprint density at radius 2 is 1.84 bits per heavy atom. The van der Waals surface area contributed by atoms with Gasteiger partial charge in [-0.3, -0.25) is 14.9 Å². The smallest absolute Gasteiger partial charge is 0.269 e. The van der Waals surface area contributed by atoms with Crippen LogP contribution in [0.15, 0.2) is 53.7 Å². The second kappa shape index (κ2) is 7.22. The molecule has 3 rings (SSSR count). The van der Waals surface area contributed by atoms with Crippen molar-refractivity contribution >= 4 is 23.2 Å². The lowest BCUT2D eigenvalue weighted by molar-refractivity contribution is -0.384. The third-order valence-electron chi connectivity index (χ3n) is 3.45. The summed E-state index contributed by atoms with van der Waals surface area (Å²) in [5, 5.41) is 22.7. The molecule has 1 aromatic heterocycles. The topological polar surface area (TPSA) is 104 Å². The molecule has 0 aliphatic rings. The van der Waals surface area contributed by atoms with Gasteiger partial charge >= 0.3 is 0 Å². The number of hydrogen-bond acceptors (Lipinski definition) is 7. The predicted octanol–water partition coefficient (Wildman–Crippen LogP) is 2.85. The third kappa shape index (κ3) is 3.89. The number of aryl methyl sites for hydroxylation is 1. The number of nitro benzene ring substituents is 1. The number of carbonyl (C=O) groups excluding carboxylic acids is 1. The zero-order valence-corrected chi connectivity index (χ0v) is 14.0. The SMILES string of the molecule is Cc1ccc(-n2nnnc2SCC(=O)c2ccc([N+](=O)[O-])cc2)cc1. The highest BCUT2D eigenvalue weighted by Crippen LogP contribution is 2.20. The number of ketones is 1. The van der Waals surface area contributed by atoms with Crippen LogP contribution in [-0.2, 0) is 0 Å².